The Balaban J connectivity index is 1.72. The number of halogens is 1. The third-order valence-corrected chi connectivity index (χ3v) is 7.54. The van der Waals surface area contributed by atoms with Crippen molar-refractivity contribution in [3.63, 3.8) is 0 Å². The second-order valence-electron chi connectivity index (χ2n) is 9.42. The molecule has 1 aromatic heterocycles. The molecule has 34 heavy (non-hydrogen) atoms. The monoisotopic (exact) mass is 490 g/mol. The fraction of sp³-hybridized carbons (Fsp3) is 0.259. The lowest BCUT2D eigenvalue weighted by molar-refractivity contribution is 0.473. The first-order chi connectivity index (χ1) is 16.2. The van der Waals surface area contributed by atoms with Gasteiger partial charge >= 0.3 is 0 Å². The summed E-state index contributed by atoms with van der Waals surface area (Å²) < 4.78 is 0. The van der Waals surface area contributed by atoms with Gasteiger partial charge in [-0.1, -0.05) is 35.9 Å². The van der Waals surface area contributed by atoms with E-state index in [1.807, 2.05) is 41.3 Å². The van der Waals surface area contributed by atoms with Gasteiger partial charge in [0.2, 0.25) is 0 Å². The Labute approximate surface area is 210 Å². The molecule has 0 aliphatic carbocycles. The van der Waals surface area contributed by atoms with Gasteiger partial charge in [0, 0.05) is 29.5 Å². The predicted molar refractivity (Wildman–Crippen MR) is 144 cm³/mol. The molecule has 7 heteroatoms. The molecule has 0 saturated carbocycles. The average molecular weight is 491 g/mol. The number of hydrogen-bond donors (Lipinski definition) is 2. The van der Waals surface area contributed by atoms with Crippen LogP contribution in [0.2, 0.25) is 5.02 Å². The normalized spacial score (nSPS) is 21.2. The number of nitrogens with zero attached hydrogens (tertiary/aromatic N) is 3. The van der Waals surface area contributed by atoms with Crippen molar-refractivity contribution in [2.75, 3.05) is 16.8 Å². The molecular weight excluding hydrogens is 464 g/mol. The van der Waals surface area contributed by atoms with Gasteiger partial charge in [-0.15, -0.1) is 0 Å². The van der Waals surface area contributed by atoms with Crippen LogP contribution in [0.1, 0.15) is 49.7 Å². The summed E-state index contributed by atoms with van der Waals surface area (Å²) in [5, 5.41) is 15.3. The fourth-order valence-electron chi connectivity index (χ4n) is 5.01. The topological polar surface area (TPSA) is 51.6 Å². The predicted octanol–water partition coefficient (Wildman–Crippen LogP) is 6.25. The van der Waals surface area contributed by atoms with Gasteiger partial charge in [-0.2, -0.15) is 0 Å². The van der Waals surface area contributed by atoms with Gasteiger partial charge in [-0.3, -0.25) is 4.98 Å². The minimum absolute atomic E-state index is 0.114. The molecule has 0 bridgehead atoms. The molecule has 2 atom stereocenters. The van der Waals surface area contributed by atoms with Crippen molar-refractivity contribution in [1.29, 1.82) is 0 Å². The van der Waals surface area contributed by atoms with E-state index in [2.05, 4.69) is 55.2 Å². The zero-order chi connectivity index (χ0) is 24.2. The highest BCUT2D eigenvalue weighted by Gasteiger charge is 2.43. The molecule has 1 saturated heterocycles. The van der Waals surface area contributed by atoms with E-state index in [1.165, 1.54) is 5.57 Å². The van der Waals surface area contributed by atoms with Crippen LogP contribution in [0, 0.1) is 0 Å². The maximum atomic E-state index is 10.7. The van der Waals surface area contributed by atoms with E-state index in [1.54, 1.807) is 18.3 Å². The van der Waals surface area contributed by atoms with Gasteiger partial charge in [0.15, 0.2) is 5.11 Å². The van der Waals surface area contributed by atoms with Crippen molar-refractivity contribution < 1.29 is 5.11 Å². The van der Waals surface area contributed by atoms with E-state index < -0.39 is 0 Å². The molecule has 2 aromatic carbocycles. The lowest BCUT2D eigenvalue weighted by Gasteiger charge is -2.41. The summed E-state index contributed by atoms with van der Waals surface area (Å²) >= 11 is 12.8. The van der Waals surface area contributed by atoms with Crippen molar-refractivity contribution in [2.24, 2.45) is 0 Å². The lowest BCUT2D eigenvalue weighted by Crippen LogP contribution is -2.42. The van der Waals surface area contributed by atoms with Gasteiger partial charge in [-0.05, 0) is 80.5 Å². The number of benzene rings is 2. The zero-order valence-electron chi connectivity index (χ0n) is 19.6. The lowest BCUT2D eigenvalue weighted by atomic mass is 9.86. The molecule has 1 fully saturated rings. The molecule has 5 nitrogen and oxygen atoms in total. The van der Waals surface area contributed by atoms with Gasteiger partial charge < -0.3 is 20.2 Å². The summed E-state index contributed by atoms with van der Waals surface area (Å²) in [4.78, 5) is 8.81. The van der Waals surface area contributed by atoms with E-state index in [4.69, 9.17) is 23.8 Å². The fourth-order valence-corrected chi connectivity index (χ4v) is 5.62. The molecule has 3 heterocycles. The first-order valence-electron chi connectivity index (χ1n) is 11.2. The molecule has 174 valence electrons. The smallest absolute Gasteiger partial charge is 0.174 e. The summed E-state index contributed by atoms with van der Waals surface area (Å²) in [6.07, 6.45) is 4.06. The SMILES string of the molecule is CC1=CC(C)(C)N(C)c2cc(Cl)c([C@H]3[C@H](c4ccccn4)NC(=S)N3c3ccccc3O)cc21. The molecule has 2 N–H and O–H groups in total. The van der Waals surface area contributed by atoms with Crippen LogP contribution in [0.5, 0.6) is 5.75 Å². The van der Waals surface area contributed by atoms with E-state index >= 15 is 0 Å². The molecule has 0 unspecified atom stereocenters. The van der Waals surface area contributed by atoms with Crippen LogP contribution in [0.3, 0.4) is 0 Å². The molecule has 0 amide bonds. The number of phenols is 1. The van der Waals surface area contributed by atoms with Gasteiger partial charge in [0.05, 0.1) is 29.0 Å². The summed E-state index contributed by atoms with van der Waals surface area (Å²) in [5.41, 5.74) is 5.72. The molecule has 0 radical (unpaired) electrons. The number of pyridine rings is 1. The number of hydrogen-bond acceptors (Lipinski definition) is 4. The number of aromatic hydroxyl groups is 1. The first-order valence-corrected chi connectivity index (χ1v) is 12.0. The van der Waals surface area contributed by atoms with Crippen LogP contribution < -0.4 is 15.1 Å². The highest BCUT2D eigenvalue weighted by atomic mass is 35.5. The number of thiocarbonyl (C=S) groups is 1. The summed E-state index contributed by atoms with van der Waals surface area (Å²) in [6, 6.07) is 16.7. The Morgan fingerprint density at radius 3 is 2.53 bits per heavy atom. The quantitative estimate of drug-likeness (QED) is 0.423. The summed E-state index contributed by atoms with van der Waals surface area (Å²) in [6.45, 7) is 6.52. The Bertz CT molecular complexity index is 1310. The number of allylic oxidation sites excluding steroid dienone is 1. The minimum atomic E-state index is -0.304. The van der Waals surface area contributed by atoms with Crippen molar-refractivity contribution in [1.82, 2.24) is 10.3 Å². The Hall–Kier alpha value is -3.09. The number of fused-ring (bicyclic) bond motifs is 1. The second-order valence-corrected chi connectivity index (χ2v) is 10.2. The van der Waals surface area contributed by atoms with Crippen LogP contribution in [0.4, 0.5) is 11.4 Å². The molecule has 0 spiro atoms. The van der Waals surface area contributed by atoms with E-state index in [-0.39, 0.29) is 23.4 Å². The molecule has 3 aromatic rings. The third kappa shape index (κ3) is 3.62. The number of para-hydroxylation sites is 2. The Kier molecular flexibility index (Phi) is 5.53. The second kappa shape index (κ2) is 8.29. The zero-order valence-corrected chi connectivity index (χ0v) is 21.2. The molecular formula is C27H27ClN4OS. The van der Waals surface area contributed by atoms with Crippen molar-refractivity contribution in [3.05, 3.63) is 88.7 Å². The van der Waals surface area contributed by atoms with Crippen LogP contribution in [0.25, 0.3) is 5.57 Å². The highest BCUT2D eigenvalue weighted by molar-refractivity contribution is 7.80. The molecule has 2 aliphatic heterocycles. The summed E-state index contributed by atoms with van der Waals surface area (Å²) in [7, 11) is 2.09. The van der Waals surface area contributed by atoms with E-state index in [9.17, 15) is 5.11 Å². The number of phenolic OH excluding ortho intramolecular Hbond substituents is 1. The Morgan fingerprint density at radius 1 is 1.09 bits per heavy atom. The standard InChI is InChI=1S/C27H27ClN4OS/c1-16-15-27(2,3)31(4)22-14-19(28)18(13-17(16)22)25-24(20-9-7-8-12-29-20)30-26(34)32(25)21-10-5-6-11-23(21)33/h5-15,24-25,33H,1-4H3,(H,30,34)/t24-,25-/m0/s1. The van der Waals surface area contributed by atoms with Crippen LogP contribution in [-0.4, -0.2) is 27.8 Å². The number of nitrogens with one attached hydrogen (secondary N) is 1. The van der Waals surface area contributed by atoms with Crippen LogP contribution in [0.15, 0.2) is 66.9 Å². The van der Waals surface area contributed by atoms with Gasteiger partial charge in [0.25, 0.3) is 0 Å². The van der Waals surface area contributed by atoms with Crippen LogP contribution in [-0.2, 0) is 0 Å². The Morgan fingerprint density at radius 2 is 1.82 bits per heavy atom. The highest BCUT2D eigenvalue weighted by Crippen LogP contribution is 2.49. The largest absolute Gasteiger partial charge is 0.506 e. The van der Waals surface area contributed by atoms with Crippen molar-refractivity contribution in [3.8, 4) is 5.75 Å². The maximum absolute atomic E-state index is 10.7. The number of likely N-dealkylation sites (N-methyl/N-ethyl adjacent to an activating group) is 1. The van der Waals surface area contributed by atoms with Crippen molar-refractivity contribution in [2.45, 2.75) is 38.4 Å². The number of anilines is 2. The van der Waals surface area contributed by atoms with E-state index in [0.717, 1.165) is 22.5 Å². The van der Waals surface area contributed by atoms with Gasteiger partial charge in [0.1, 0.15) is 5.75 Å². The minimum Gasteiger partial charge on any atom is -0.506 e. The van der Waals surface area contributed by atoms with Crippen LogP contribution >= 0.6 is 23.8 Å². The molecule has 5 rings (SSSR count). The first kappa shape index (κ1) is 22.7. The number of aromatic nitrogens is 1. The van der Waals surface area contributed by atoms with E-state index in [0.29, 0.717) is 15.8 Å². The molecule has 2 aliphatic rings. The average Bonchev–Trinajstić information content (AvgIpc) is 3.14. The van der Waals surface area contributed by atoms with Crippen molar-refractivity contribution >= 4 is 45.9 Å². The van der Waals surface area contributed by atoms with Gasteiger partial charge in [-0.25, -0.2) is 0 Å². The number of rotatable bonds is 3. The summed E-state index contributed by atoms with van der Waals surface area (Å²) in [5.74, 6) is 0.157. The maximum Gasteiger partial charge on any atom is 0.174 e. The third-order valence-electron chi connectivity index (χ3n) is 6.89.